The fourth-order valence-electron chi connectivity index (χ4n) is 3.26. The third kappa shape index (κ3) is 6.00. The molecule has 0 bridgehead atoms. The molecule has 0 spiro atoms. The Labute approximate surface area is 201 Å². The fourth-order valence-corrected chi connectivity index (χ4v) is 4.09. The molecule has 0 saturated heterocycles. The van der Waals surface area contributed by atoms with E-state index in [0.29, 0.717) is 5.75 Å². The van der Waals surface area contributed by atoms with E-state index in [4.69, 9.17) is 9.05 Å². The summed E-state index contributed by atoms with van der Waals surface area (Å²) in [7, 11) is -4.57. The van der Waals surface area contributed by atoms with Crippen molar-refractivity contribution in [3.63, 3.8) is 0 Å². The van der Waals surface area contributed by atoms with Crippen LogP contribution in [0.3, 0.4) is 0 Å². The van der Waals surface area contributed by atoms with Crippen molar-refractivity contribution in [3.05, 3.63) is 95.6 Å². The number of rotatable bonds is 7. The zero-order valence-electron chi connectivity index (χ0n) is 18.2. The van der Waals surface area contributed by atoms with Crippen LogP contribution in [0.2, 0.25) is 0 Å². The molecule has 1 unspecified atom stereocenters. The number of benzene rings is 3. The molecular weight excluding hydrogens is 406 g/mol. The van der Waals surface area contributed by atoms with Crippen molar-refractivity contribution in [2.75, 3.05) is 0 Å². The summed E-state index contributed by atoms with van der Waals surface area (Å²) >= 11 is 0. The van der Waals surface area contributed by atoms with Crippen molar-refractivity contribution in [3.8, 4) is 11.5 Å². The minimum atomic E-state index is -4.57. The number of hydrogen-bond donors (Lipinski definition) is 0. The Morgan fingerprint density at radius 2 is 1.33 bits per heavy atom. The Morgan fingerprint density at radius 3 is 1.93 bits per heavy atom. The van der Waals surface area contributed by atoms with Gasteiger partial charge in [0, 0.05) is 5.41 Å². The average Bonchev–Trinajstić information content (AvgIpc) is 2.68. The topological polar surface area (TPSA) is 58.6 Å². The molecule has 0 saturated carbocycles. The van der Waals surface area contributed by atoms with Crippen LogP contribution in [0.15, 0.2) is 78.9 Å². The Kier molecular flexibility index (Phi) is 8.38. The van der Waals surface area contributed by atoms with Gasteiger partial charge >= 0.3 is 37.4 Å². The van der Waals surface area contributed by atoms with Crippen LogP contribution in [-0.4, -0.2) is 0 Å². The van der Waals surface area contributed by atoms with E-state index in [9.17, 15) is 9.46 Å². The number of phosphoric acid groups is 1. The van der Waals surface area contributed by atoms with Crippen molar-refractivity contribution in [1.29, 1.82) is 0 Å². The van der Waals surface area contributed by atoms with E-state index in [1.54, 1.807) is 24.3 Å². The van der Waals surface area contributed by atoms with Crippen LogP contribution in [0.25, 0.3) is 0 Å². The van der Waals surface area contributed by atoms with Gasteiger partial charge in [-0.05, 0) is 40.8 Å². The average molecular weight is 432 g/mol. The molecule has 152 valence electrons. The van der Waals surface area contributed by atoms with Gasteiger partial charge in [-0.3, -0.25) is 0 Å². The summed E-state index contributed by atoms with van der Waals surface area (Å²) in [5.74, 6) is 0.645. The molecule has 1 atom stereocenters. The molecule has 3 rings (SSSR count). The van der Waals surface area contributed by atoms with Crippen LogP contribution in [-0.2, 0) is 9.98 Å². The van der Waals surface area contributed by atoms with Gasteiger partial charge in [-0.1, -0.05) is 88.4 Å². The molecule has 3 aromatic carbocycles. The first kappa shape index (κ1) is 24.7. The zero-order chi connectivity index (χ0) is 21.1. The normalized spacial score (nSPS) is 13.3. The number of hydrogen-bond acceptors (Lipinski definition) is 4. The van der Waals surface area contributed by atoms with Crippen LogP contribution in [0.1, 0.15) is 50.3 Å². The largest absolute Gasteiger partial charge is 1.00 e. The standard InChI is InChI=1S/C24H27O4P.Na/c1-18(2)22-12-8-9-13-23(22)28-29(25,26)27-21-16-14-20(15-17-21)24(3,4)19-10-6-5-7-11-19;/h5-18H,1-4H3,(H,25,26);/q;+1/p-1. The first-order valence-electron chi connectivity index (χ1n) is 9.64. The summed E-state index contributed by atoms with van der Waals surface area (Å²) in [6.07, 6.45) is 0. The van der Waals surface area contributed by atoms with E-state index in [2.05, 4.69) is 26.0 Å². The van der Waals surface area contributed by atoms with Gasteiger partial charge in [0.15, 0.2) is 0 Å². The van der Waals surface area contributed by atoms with Gasteiger partial charge in [0.05, 0.1) is 0 Å². The van der Waals surface area contributed by atoms with Crippen molar-refractivity contribution >= 4 is 7.82 Å². The monoisotopic (exact) mass is 432 g/mol. The second kappa shape index (κ2) is 10.2. The van der Waals surface area contributed by atoms with Crippen LogP contribution < -0.4 is 43.5 Å². The number of para-hydroxylation sites is 1. The smallest absolute Gasteiger partial charge is 0.736 e. The van der Waals surface area contributed by atoms with Gasteiger partial charge in [-0.15, -0.1) is 0 Å². The Bertz CT molecular complexity index is 1000. The van der Waals surface area contributed by atoms with Crippen LogP contribution in [0.5, 0.6) is 11.5 Å². The van der Waals surface area contributed by atoms with Crippen LogP contribution in [0.4, 0.5) is 0 Å². The molecule has 0 aliphatic rings. The van der Waals surface area contributed by atoms with E-state index in [1.807, 2.05) is 56.3 Å². The van der Waals surface area contributed by atoms with Crippen molar-refractivity contribution < 1.29 is 48.1 Å². The fraction of sp³-hybridized carbons (Fsp3) is 0.250. The molecule has 6 heteroatoms. The Balaban J connectivity index is 0.00000320. The molecule has 0 N–H and O–H groups in total. The zero-order valence-corrected chi connectivity index (χ0v) is 21.1. The number of phosphoric ester groups is 1. The van der Waals surface area contributed by atoms with Gasteiger partial charge in [-0.2, -0.15) is 0 Å². The van der Waals surface area contributed by atoms with E-state index in [1.165, 1.54) is 5.56 Å². The summed E-state index contributed by atoms with van der Waals surface area (Å²) in [5.41, 5.74) is 2.83. The third-order valence-corrected chi connectivity index (χ3v) is 5.89. The van der Waals surface area contributed by atoms with Gasteiger partial charge < -0.3 is 13.9 Å². The second-order valence-electron chi connectivity index (χ2n) is 7.84. The molecule has 0 heterocycles. The van der Waals surface area contributed by atoms with Crippen molar-refractivity contribution in [2.24, 2.45) is 0 Å². The molecular formula is C24H26NaO4P. The molecule has 0 aliphatic heterocycles. The molecule has 0 aromatic heterocycles. The van der Waals surface area contributed by atoms with E-state index in [0.717, 1.165) is 11.1 Å². The first-order valence-corrected chi connectivity index (χ1v) is 11.1. The van der Waals surface area contributed by atoms with Gasteiger partial charge in [0.2, 0.25) is 0 Å². The molecule has 0 fully saturated rings. The maximum atomic E-state index is 12.4. The Hall–Kier alpha value is -1.55. The second-order valence-corrected chi connectivity index (χ2v) is 9.10. The van der Waals surface area contributed by atoms with Gasteiger partial charge in [0.25, 0.3) is 0 Å². The minimum absolute atomic E-state index is 0. The molecule has 3 aromatic rings. The van der Waals surface area contributed by atoms with Gasteiger partial charge in [0.1, 0.15) is 11.5 Å². The van der Waals surface area contributed by atoms with Crippen LogP contribution in [0, 0.1) is 0 Å². The summed E-state index contributed by atoms with van der Waals surface area (Å²) in [6, 6.07) is 24.3. The molecule has 0 radical (unpaired) electrons. The molecule has 0 amide bonds. The Morgan fingerprint density at radius 1 is 0.800 bits per heavy atom. The quantitative estimate of drug-likeness (QED) is 0.425. The van der Waals surface area contributed by atoms with E-state index < -0.39 is 7.82 Å². The maximum Gasteiger partial charge on any atom is 1.00 e. The molecule has 4 nitrogen and oxygen atoms in total. The minimum Gasteiger partial charge on any atom is -0.736 e. The predicted octanol–water partition coefficient (Wildman–Crippen LogP) is 3.07. The summed E-state index contributed by atoms with van der Waals surface area (Å²) in [5, 5.41) is 0. The van der Waals surface area contributed by atoms with E-state index in [-0.39, 0.29) is 46.6 Å². The molecule has 0 aliphatic carbocycles. The molecule has 30 heavy (non-hydrogen) atoms. The van der Waals surface area contributed by atoms with Crippen molar-refractivity contribution in [1.82, 2.24) is 0 Å². The summed E-state index contributed by atoms with van der Waals surface area (Å²) in [6.45, 7) is 8.21. The van der Waals surface area contributed by atoms with E-state index >= 15 is 0 Å². The third-order valence-electron chi connectivity index (χ3n) is 5.04. The predicted molar refractivity (Wildman–Crippen MR) is 114 cm³/mol. The van der Waals surface area contributed by atoms with Crippen molar-refractivity contribution in [2.45, 2.75) is 39.0 Å². The first-order chi connectivity index (χ1) is 13.7. The van der Waals surface area contributed by atoms with Crippen LogP contribution >= 0.6 is 7.82 Å². The summed E-state index contributed by atoms with van der Waals surface area (Å²) < 4.78 is 22.9. The maximum absolute atomic E-state index is 12.4. The van der Waals surface area contributed by atoms with Gasteiger partial charge in [-0.25, -0.2) is 4.57 Å². The summed E-state index contributed by atoms with van der Waals surface area (Å²) in [4.78, 5) is 12.4. The SMILES string of the molecule is CC(C)c1ccccc1OP(=O)([O-])Oc1ccc(C(C)(C)c2ccccc2)cc1.[Na+].